The molecule has 0 saturated carbocycles. The maximum absolute atomic E-state index is 14.3. The van der Waals surface area contributed by atoms with Crippen LogP contribution in [0.15, 0.2) is 65.6 Å². The van der Waals surface area contributed by atoms with Crippen molar-refractivity contribution in [3.05, 3.63) is 81.8 Å². The van der Waals surface area contributed by atoms with Gasteiger partial charge in [0.25, 0.3) is 10.0 Å². The first-order valence-electron chi connectivity index (χ1n) is 14.3. The summed E-state index contributed by atoms with van der Waals surface area (Å²) in [6.45, 7) is 5.47. The fraction of sp³-hybridized carbons (Fsp3) is 0.375. The second-order valence-corrected chi connectivity index (χ2v) is 12.9. The van der Waals surface area contributed by atoms with Gasteiger partial charge in [-0.3, -0.25) is 13.9 Å². The molecule has 0 saturated heterocycles. The summed E-state index contributed by atoms with van der Waals surface area (Å²) in [5.74, 6) is -0.255. The lowest BCUT2D eigenvalue weighted by Crippen LogP contribution is -2.52. The Hall–Kier alpha value is -3.47. The number of nitrogens with one attached hydrogen (secondary N) is 1. The van der Waals surface area contributed by atoms with E-state index >= 15 is 0 Å². The van der Waals surface area contributed by atoms with Crippen molar-refractivity contribution in [2.45, 2.75) is 57.5 Å². The monoisotopic (exact) mass is 663 g/mol. The molecule has 0 aliphatic heterocycles. The molecule has 1 atom stereocenters. The fourth-order valence-electron chi connectivity index (χ4n) is 4.61. The van der Waals surface area contributed by atoms with Gasteiger partial charge in [-0.1, -0.05) is 67.2 Å². The molecule has 0 unspecified atom stereocenters. The van der Waals surface area contributed by atoms with Crippen molar-refractivity contribution in [2.24, 2.45) is 0 Å². The molecule has 12 heteroatoms. The number of carbonyl (C=O) groups excluding carboxylic acids is 2. The minimum atomic E-state index is -4.26. The molecule has 0 radical (unpaired) electrons. The summed E-state index contributed by atoms with van der Waals surface area (Å²) < 4.78 is 40.0. The number of ether oxygens (including phenoxy) is 2. The average Bonchev–Trinajstić information content (AvgIpc) is 3.00. The van der Waals surface area contributed by atoms with E-state index in [4.69, 9.17) is 32.7 Å². The Labute approximate surface area is 270 Å². The molecule has 3 aromatic carbocycles. The van der Waals surface area contributed by atoms with Crippen molar-refractivity contribution < 1.29 is 27.5 Å². The molecule has 0 fully saturated rings. The van der Waals surface area contributed by atoms with Crippen LogP contribution in [0.5, 0.6) is 11.5 Å². The molecular formula is C32H39Cl2N3O6S. The van der Waals surface area contributed by atoms with Crippen LogP contribution in [-0.4, -0.2) is 58.5 Å². The van der Waals surface area contributed by atoms with Crippen LogP contribution in [0.25, 0.3) is 0 Å². The third-order valence-electron chi connectivity index (χ3n) is 7.11. The van der Waals surface area contributed by atoms with Crippen LogP contribution in [0.1, 0.15) is 44.2 Å². The molecule has 3 aromatic rings. The number of unbranched alkanes of at least 4 members (excludes halogenated alkanes) is 1. The van der Waals surface area contributed by atoms with Gasteiger partial charge in [0.05, 0.1) is 24.8 Å². The van der Waals surface area contributed by atoms with Crippen molar-refractivity contribution in [1.29, 1.82) is 0 Å². The first kappa shape index (κ1) is 35.0. The lowest BCUT2D eigenvalue weighted by Gasteiger charge is -2.33. The van der Waals surface area contributed by atoms with Gasteiger partial charge in [-0.25, -0.2) is 8.42 Å². The number of amides is 2. The fourth-order valence-corrected chi connectivity index (χ4v) is 6.48. The number of hydrogen-bond acceptors (Lipinski definition) is 6. The van der Waals surface area contributed by atoms with E-state index in [1.54, 1.807) is 43.3 Å². The quantitative estimate of drug-likeness (QED) is 0.193. The highest BCUT2D eigenvalue weighted by Gasteiger charge is 2.34. The van der Waals surface area contributed by atoms with Crippen LogP contribution in [0, 0.1) is 6.92 Å². The summed E-state index contributed by atoms with van der Waals surface area (Å²) >= 11 is 12.6. The number of halogens is 2. The molecule has 0 bridgehead atoms. The number of hydrogen-bond donors (Lipinski definition) is 1. The van der Waals surface area contributed by atoms with Gasteiger partial charge >= 0.3 is 0 Å². The zero-order valence-corrected chi connectivity index (χ0v) is 27.9. The number of carbonyl (C=O) groups is 2. The highest BCUT2D eigenvalue weighted by Crippen LogP contribution is 2.34. The van der Waals surface area contributed by atoms with Gasteiger partial charge < -0.3 is 19.7 Å². The van der Waals surface area contributed by atoms with Gasteiger partial charge in [-0.15, -0.1) is 0 Å². The number of anilines is 1. The van der Waals surface area contributed by atoms with E-state index in [1.807, 2.05) is 13.8 Å². The Kier molecular flexibility index (Phi) is 12.7. The maximum atomic E-state index is 14.3. The summed E-state index contributed by atoms with van der Waals surface area (Å²) in [5.41, 5.74) is 1.62. The van der Waals surface area contributed by atoms with Crippen LogP contribution < -0.4 is 19.1 Å². The van der Waals surface area contributed by atoms with Crippen LogP contribution >= 0.6 is 23.2 Å². The molecule has 3 rings (SSSR count). The number of benzene rings is 3. The smallest absolute Gasteiger partial charge is 0.264 e. The van der Waals surface area contributed by atoms with Crippen molar-refractivity contribution in [1.82, 2.24) is 10.2 Å². The highest BCUT2D eigenvalue weighted by molar-refractivity contribution is 7.92. The van der Waals surface area contributed by atoms with Gasteiger partial charge in [0, 0.05) is 29.2 Å². The Morgan fingerprint density at radius 3 is 2.20 bits per heavy atom. The maximum Gasteiger partial charge on any atom is 0.264 e. The van der Waals surface area contributed by atoms with Gasteiger partial charge in [-0.2, -0.15) is 0 Å². The minimum Gasteiger partial charge on any atom is -0.493 e. The van der Waals surface area contributed by atoms with Gasteiger partial charge in [0.15, 0.2) is 11.5 Å². The van der Waals surface area contributed by atoms with Crippen molar-refractivity contribution >= 4 is 50.7 Å². The third kappa shape index (κ3) is 8.58. The zero-order chi connectivity index (χ0) is 32.4. The first-order chi connectivity index (χ1) is 21.0. The third-order valence-corrected chi connectivity index (χ3v) is 9.49. The lowest BCUT2D eigenvalue weighted by molar-refractivity contribution is -0.140. The topological polar surface area (TPSA) is 105 Å². The van der Waals surface area contributed by atoms with Crippen LogP contribution in [0.4, 0.5) is 5.69 Å². The molecule has 44 heavy (non-hydrogen) atoms. The van der Waals surface area contributed by atoms with Gasteiger partial charge in [0.1, 0.15) is 12.6 Å². The zero-order valence-electron chi connectivity index (χ0n) is 25.6. The molecule has 238 valence electrons. The van der Waals surface area contributed by atoms with Crippen LogP contribution in [0.3, 0.4) is 0 Å². The Morgan fingerprint density at radius 1 is 0.932 bits per heavy atom. The molecule has 9 nitrogen and oxygen atoms in total. The van der Waals surface area contributed by atoms with Crippen LogP contribution in [0.2, 0.25) is 10.0 Å². The predicted molar refractivity (Wildman–Crippen MR) is 174 cm³/mol. The van der Waals surface area contributed by atoms with Crippen molar-refractivity contribution in [3.63, 3.8) is 0 Å². The number of rotatable bonds is 15. The Balaban J connectivity index is 2.12. The summed E-state index contributed by atoms with van der Waals surface area (Å²) in [6, 6.07) is 14.9. The summed E-state index contributed by atoms with van der Waals surface area (Å²) in [4.78, 5) is 29.0. The summed E-state index contributed by atoms with van der Waals surface area (Å²) in [7, 11) is -1.35. The normalized spacial score (nSPS) is 11.9. The predicted octanol–water partition coefficient (Wildman–Crippen LogP) is 6.24. The van der Waals surface area contributed by atoms with E-state index in [0.29, 0.717) is 27.9 Å². The Bertz CT molecular complexity index is 1550. The second-order valence-electron chi connectivity index (χ2n) is 10.2. The first-order valence-corrected chi connectivity index (χ1v) is 16.5. The summed E-state index contributed by atoms with van der Waals surface area (Å²) in [6.07, 6.45) is 1.95. The van der Waals surface area contributed by atoms with Crippen molar-refractivity contribution in [2.75, 3.05) is 31.6 Å². The van der Waals surface area contributed by atoms with E-state index in [2.05, 4.69) is 5.32 Å². The lowest BCUT2D eigenvalue weighted by atomic mass is 10.1. The summed E-state index contributed by atoms with van der Waals surface area (Å²) in [5, 5.41) is 3.65. The largest absolute Gasteiger partial charge is 0.493 e. The van der Waals surface area contributed by atoms with E-state index in [9.17, 15) is 18.0 Å². The highest BCUT2D eigenvalue weighted by atomic mass is 35.5. The molecule has 0 spiro atoms. The van der Waals surface area contributed by atoms with E-state index < -0.39 is 28.5 Å². The molecule has 0 aliphatic rings. The average molecular weight is 665 g/mol. The molecule has 0 aromatic heterocycles. The molecule has 1 N–H and O–H groups in total. The van der Waals surface area contributed by atoms with E-state index in [1.165, 1.54) is 43.4 Å². The van der Waals surface area contributed by atoms with E-state index in [-0.39, 0.29) is 35.2 Å². The molecule has 0 heterocycles. The minimum absolute atomic E-state index is 0.00216. The standard InChI is InChI=1S/C32H39Cl2N3O6S/c1-6-8-17-35-32(39)28(7-2)36(20-23-11-12-24(33)18-27(23)34)31(38)21-37(25-13-16-29(42-4)30(19-25)43-5)44(40,41)26-14-9-22(3)10-15-26/h9-16,18-19,28H,6-8,17,20-21H2,1-5H3,(H,35,39)/t28-/m0/s1. The number of methoxy groups -OCH3 is 2. The van der Waals surface area contributed by atoms with E-state index in [0.717, 1.165) is 22.7 Å². The van der Waals surface area contributed by atoms with Gasteiger partial charge in [0.2, 0.25) is 11.8 Å². The Morgan fingerprint density at radius 2 is 1.61 bits per heavy atom. The van der Waals surface area contributed by atoms with Gasteiger partial charge in [-0.05, 0) is 61.7 Å². The molecule has 2 amide bonds. The van der Waals surface area contributed by atoms with Crippen molar-refractivity contribution in [3.8, 4) is 11.5 Å². The number of aryl methyl sites for hydroxylation is 1. The molecule has 0 aliphatic carbocycles. The number of nitrogens with zero attached hydrogens (tertiary/aromatic N) is 2. The molecular weight excluding hydrogens is 625 g/mol. The second kappa shape index (κ2) is 16.0. The number of sulfonamides is 1. The van der Waals surface area contributed by atoms with Crippen LogP contribution in [-0.2, 0) is 26.2 Å². The SMILES string of the molecule is CCCCNC(=O)[C@H](CC)N(Cc1ccc(Cl)cc1Cl)C(=O)CN(c1ccc(OC)c(OC)c1)S(=O)(=O)c1ccc(C)cc1.